The summed E-state index contributed by atoms with van der Waals surface area (Å²) in [5, 5.41) is 2.73. The lowest BCUT2D eigenvalue weighted by molar-refractivity contribution is 0.0505. The summed E-state index contributed by atoms with van der Waals surface area (Å²) >= 11 is 3.45. The fraction of sp³-hybridized carbons (Fsp3) is 0.533. The van der Waals surface area contributed by atoms with E-state index in [1.54, 1.807) is 7.11 Å². The number of alkyl carbamates (subject to hydrolysis) is 1. The quantitative estimate of drug-likeness (QED) is 0.541. The van der Waals surface area contributed by atoms with Crippen LogP contribution in [0.4, 0.5) is 4.79 Å². The van der Waals surface area contributed by atoms with Crippen LogP contribution < -0.4 is 10.1 Å². The molecular formula is C15H22BrNO4. The van der Waals surface area contributed by atoms with E-state index in [0.29, 0.717) is 13.2 Å². The molecule has 21 heavy (non-hydrogen) atoms. The van der Waals surface area contributed by atoms with E-state index in [1.807, 2.05) is 18.2 Å². The van der Waals surface area contributed by atoms with E-state index in [1.165, 1.54) is 0 Å². The summed E-state index contributed by atoms with van der Waals surface area (Å²) in [6.07, 6.45) is 2.27. The predicted molar refractivity (Wildman–Crippen MR) is 84.6 cm³/mol. The van der Waals surface area contributed by atoms with Crippen LogP contribution in [0.1, 0.15) is 25.3 Å². The molecular weight excluding hydrogens is 338 g/mol. The first-order valence-electron chi connectivity index (χ1n) is 6.98. The molecule has 0 fully saturated rings. The number of halogens is 1. The Labute approximate surface area is 134 Å². The highest BCUT2D eigenvalue weighted by Crippen LogP contribution is 2.26. The topological polar surface area (TPSA) is 56.8 Å². The van der Waals surface area contributed by atoms with Crippen LogP contribution in [0.5, 0.6) is 5.75 Å². The van der Waals surface area contributed by atoms with Crippen molar-refractivity contribution in [3.05, 3.63) is 28.2 Å². The van der Waals surface area contributed by atoms with Gasteiger partial charge >= 0.3 is 6.09 Å². The highest BCUT2D eigenvalue weighted by atomic mass is 79.9. The van der Waals surface area contributed by atoms with Crippen molar-refractivity contribution in [2.45, 2.75) is 26.2 Å². The summed E-state index contributed by atoms with van der Waals surface area (Å²) in [5.41, 5.74) is 1.10. The smallest absolute Gasteiger partial charge is 0.407 e. The van der Waals surface area contributed by atoms with Gasteiger partial charge in [0.25, 0.3) is 0 Å². The van der Waals surface area contributed by atoms with Crippen LogP contribution in [0, 0.1) is 0 Å². The molecule has 0 unspecified atom stereocenters. The number of hydrogen-bond acceptors (Lipinski definition) is 4. The maximum atomic E-state index is 11.4. The second kappa shape index (κ2) is 10.5. The van der Waals surface area contributed by atoms with Gasteiger partial charge in [0.1, 0.15) is 5.75 Å². The minimum Gasteiger partial charge on any atom is -0.466 e. The van der Waals surface area contributed by atoms with Gasteiger partial charge in [-0.2, -0.15) is 0 Å². The Hall–Kier alpha value is -1.27. The first-order chi connectivity index (χ1) is 10.2. The molecule has 0 saturated heterocycles. The van der Waals surface area contributed by atoms with E-state index in [-0.39, 0.29) is 12.9 Å². The van der Waals surface area contributed by atoms with Crippen molar-refractivity contribution in [3.63, 3.8) is 0 Å². The number of methoxy groups -OCH3 is 1. The molecule has 118 valence electrons. The van der Waals surface area contributed by atoms with Gasteiger partial charge in [0.05, 0.1) is 11.1 Å². The SMILES string of the molecule is CCCCOC(=O)NCCc1ccc(OCOC)c(Br)c1. The van der Waals surface area contributed by atoms with Crippen LogP contribution in [0.2, 0.25) is 0 Å². The Morgan fingerprint density at radius 3 is 2.86 bits per heavy atom. The molecule has 0 bridgehead atoms. The van der Waals surface area contributed by atoms with Crippen molar-refractivity contribution >= 4 is 22.0 Å². The Kier molecular flexibility index (Phi) is 8.85. The van der Waals surface area contributed by atoms with Crippen molar-refractivity contribution in [1.82, 2.24) is 5.32 Å². The Morgan fingerprint density at radius 2 is 2.19 bits per heavy atom. The lowest BCUT2D eigenvalue weighted by atomic mass is 10.1. The third-order valence-corrected chi connectivity index (χ3v) is 3.36. The summed E-state index contributed by atoms with van der Waals surface area (Å²) in [6.45, 7) is 3.28. The number of benzene rings is 1. The van der Waals surface area contributed by atoms with Gasteiger partial charge in [-0.3, -0.25) is 0 Å². The number of hydrogen-bond donors (Lipinski definition) is 1. The zero-order valence-corrected chi connectivity index (χ0v) is 14.1. The molecule has 1 rings (SSSR count). The molecule has 0 atom stereocenters. The van der Waals surface area contributed by atoms with Gasteiger partial charge < -0.3 is 19.5 Å². The van der Waals surface area contributed by atoms with Gasteiger partial charge in [0.15, 0.2) is 6.79 Å². The Bertz CT molecular complexity index is 440. The first kappa shape index (κ1) is 17.8. The fourth-order valence-electron chi connectivity index (χ4n) is 1.61. The summed E-state index contributed by atoms with van der Waals surface area (Å²) in [4.78, 5) is 11.4. The highest BCUT2D eigenvalue weighted by molar-refractivity contribution is 9.10. The summed E-state index contributed by atoms with van der Waals surface area (Å²) in [5.74, 6) is 0.729. The number of amides is 1. The van der Waals surface area contributed by atoms with Gasteiger partial charge in [-0.05, 0) is 46.5 Å². The van der Waals surface area contributed by atoms with Crippen LogP contribution >= 0.6 is 15.9 Å². The molecule has 0 aromatic heterocycles. The Balaban J connectivity index is 2.32. The minimum atomic E-state index is -0.359. The molecule has 0 aliphatic heterocycles. The van der Waals surface area contributed by atoms with E-state index >= 15 is 0 Å². The third kappa shape index (κ3) is 7.34. The van der Waals surface area contributed by atoms with Gasteiger partial charge in [0, 0.05) is 13.7 Å². The van der Waals surface area contributed by atoms with Crippen LogP contribution in [0.3, 0.4) is 0 Å². The summed E-state index contributed by atoms with van der Waals surface area (Å²) < 4.78 is 16.1. The first-order valence-corrected chi connectivity index (χ1v) is 7.77. The van der Waals surface area contributed by atoms with E-state index in [9.17, 15) is 4.79 Å². The van der Waals surface area contributed by atoms with Crippen LogP contribution in [-0.4, -0.2) is 33.1 Å². The van der Waals surface area contributed by atoms with Gasteiger partial charge in [-0.1, -0.05) is 19.4 Å². The molecule has 6 heteroatoms. The zero-order chi connectivity index (χ0) is 15.5. The van der Waals surface area contributed by atoms with Gasteiger partial charge in [0.2, 0.25) is 0 Å². The molecule has 5 nitrogen and oxygen atoms in total. The van der Waals surface area contributed by atoms with E-state index in [0.717, 1.165) is 35.0 Å². The molecule has 0 spiro atoms. The lowest BCUT2D eigenvalue weighted by Gasteiger charge is -2.09. The largest absolute Gasteiger partial charge is 0.466 e. The van der Waals surface area contributed by atoms with Gasteiger partial charge in [-0.15, -0.1) is 0 Å². The van der Waals surface area contributed by atoms with Gasteiger partial charge in [-0.25, -0.2) is 4.79 Å². The molecule has 0 saturated carbocycles. The predicted octanol–water partition coefficient (Wildman–Crippen LogP) is 3.50. The molecule has 1 aromatic rings. The number of nitrogens with one attached hydrogen (secondary N) is 1. The normalized spacial score (nSPS) is 10.2. The average molecular weight is 360 g/mol. The average Bonchev–Trinajstić information content (AvgIpc) is 2.47. The second-order valence-electron chi connectivity index (χ2n) is 4.48. The fourth-order valence-corrected chi connectivity index (χ4v) is 2.15. The van der Waals surface area contributed by atoms with E-state index in [2.05, 4.69) is 28.2 Å². The summed E-state index contributed by atoms with van der Waals surface area (Å²) in [6, 6.07) is 5.80. The maximum absolute atomic E-state index is 11.4. The standard InChI is InChI=1S/C15H22BrNO4/c1-3-4-9-20-15(18)17-8-7-12-5-6-14(13(16)10-12)21-11-19-2/h5-6,10H,3-4,7-9,11H2,1-2H3,(H,17,18). The molecule has 1 amide bonds. The van der Waals surface area contributed by atoms with Crippen molar-refractivity contribution in [2.75, 3.05) is 27.1 Å². The van der Waals surface area contributed by atoms with Crippen LogP contribution in [-0.2, 0) is 15.9 Å². The molecule has 0 aliphatic carbocycles. The van der Waals surface area contributed by atoms with Crippen molar-refractivity contribution in [3.8, 4) is 5.75 Å². The highest BCUT2D eigenvalue weighted by Gasteiger charge is 2.04. The van der Waals surface area contributed by atoms with Crippen molar-refractivity contribution in [1.29, 1.82) is 0 Å². The monoisotopic (exact) mass is 359 g/mol. The molecule has 0 aliphatic rings. The van der Waals surface area contributed by atoms with Crippen molar-refractivity contribution in [2.24, 2.45) is 0 Å². The molecule has 0 radical (unpaired) electrons. The summed E-state index contributed by atoms with van der Waals surface area (Å²) in [7, 11) is 1.58. The molecule has 1 aromatic carbocycles. The van der Waals surface area contributed by atoms with Crippen molar-refractivity contribution < 1.29 is 19.0 Å². The molecule has 1 N–H and O–H groups in total. The number of carbonyl (C=O) groups is 1. The van der Waals surface area contributed by atoms with Crippen LogP contribution in [0.15, 0.2) is 22.7 Å². The second-order valence-corrected chi connectivity index (χ2v) is 5.34. The number of rotatable bonds is 9. The molecule has 0 heterocycles. The number of ether oxygens (including phenoxy) is 3. The zero-order valence-electron chi connectivity index (χ0n) is 12.5. The number of carbonyl (C=O) groups excluding carboxylic acids is 1. The number of unbranched alkanes of at least 4 members (excludes halogenated alkanes) is 1. The minimum absolute atomic E-state index is 0.211. The van der Waals surface area contributed by atoms with E-state index in [4.69, 9.17) is 14.2 Å². The Morgan fingerprint density at radius 1 is 1.38 bits per heavy atom. The third-order valence-electron chi connectivity index (χ3n) is 2.74. The lowest BCUT2D eigenvalue weighted by Crippen LogP contribution is -2.26. The maximum Gasteiger partial charge on any atom is 0.407 e. The van der Waals surface area contributed by atoms with E-state index < -0.39 is 0 Å². The van der Waals surface area contributed by atoms with Crippen LogP contribution in [0.25, 0.3) is 0 Å².